The zero-order valence-electron chi connectivity index (χ0n) is 11.2. The summed E-state index contributed by atoms with van der Waals surface area (Å²) in [7, 11) is 0. The Morgan fingerprint density at radius 1 is 1.21 bits per heavy atom. The molecular formula is C15H20BrF2N. The lowest BCUT2D eigenvalue weighted by atomic mass is 9.87. The van der Waals surface area contributed by atoms with Gasteiger partial charge in [0.2, 0.25) is 0 Å². The molecule has 1 aliphatic carbocycles. The number of benzene rings is 1. The van der Waals surface area contributed by atoms with Crippen LogP contribution in [0.15, 0.2) is 16.6 Å². The molecular weight excluding hydrogens is 312 g/mol. The van der Waals surface area contributed by atoms with Gasteiger partial charge in [0.25, 0.3) is 0 Å². The first-order valence-corrected chi connectivity index (χ1v) is 7.81. The first-order chi connectivity index (χ1) is 9.15. The van der Waals surface area contributed by atoms with Crippen molar-refractivity contribution in [2.45, 2.75) is 51.0 Å². The second-order valence-corrected chi connectivity index (χ2v) is 6.02. The van der Waals surface area contributed by atoms with Gasteiger partial charge in [0.1, 0.15) is 11.6 Å². The highest BCUT2D eigenvalue weighted by atomic mass is 79.9. The van der Waals surface area contributed by atoms with E-state index in [0.29, 0.717) is 4.47 Å². The molecule has 2 atom stereocenters. The molecule has 1 aliphatic rings. The molecule has 1 aromatic rings. The van der Waals surface area contributed by atoms with Crippen LogP contribution in [0.5, 0.6) is 0 Å². The Kier molecular flexibility index (Phi) is 5.34. The minimum atomic E-state index is -0.435. The van der Waals surface area contributed by atoms with Gasteiger partial charge in [-0.3, -0.25) is 0 Å². The molecule has 0 aliphatic heterocycles. The van der Waals surface area contributed by atoms with E-state index < -0.39 is 11.6 Å². The van der Waals surface area contributed by atoms with E-state index in [-0.39, 0.29) is 17.5 Å². The van der Waals surface area contributed by atoms with Crippen molar-refractivity contribution in [3.63, 3.8) is 0 Å². The van der Waals surface area contributed by atoms with Crippen LogP contribution >= 0.6 is 15.9 Å². The third-order valence-corrected chi connectivity index (χ3v) is 4.54. The third-order valence-electron chi connectivity index (χ3n) is 3.93. The maximum Gasteiger partial charge on any atom is 0.143 e. The molecule has 0 bridgehead atoms. The molecule has 0 spiro atoms. The summed E-state index contributed by atoms with van der Waals surface area (Å²) >= 11 is 3.16. The zero-order valence-corrected chi connectivity index (χ0v) is 12.8. The minimum Gasteiger partial charge on any atom is -0.314 e. The van der Waals surface area contributed by atoms with E-state index in [1.54, 1.807) is 0 Å². The lowest BCUT2D eigenvalue weighted by Crippen LogP contribution is -2.35. The van der Waals surface area contributed by atoms with E-state index in [9.17, 15) is 8.78 Å². The maximum absolute atomic E-state index is 14.3. The molecule has 1 aromatic carbocycles. The third kappa shape index (κ3) is 3.34. The Hall–Kier alpha value is -0.480. The second kappa shape index (κ2) is 6.80. The van der Waals surface area contributed by atoms with E-state index in [1.165, 1.54) is 12.1 Å². The van der Waals surface area contributed by atoms with Crippen LogP contribution in [0, 0.1) is 11.6 Å². The van der Waals surface area contributed by atoms with E-state index in [0.717, 1.165) is 38.6 Å². The molecule has 0 heterocycles. The van der Waals surface area contributed by atoms with Gasteiger partial charge in [0, 0.05) is 17.5 Å². The van der Waals surface area contributed by atoms with Gasteiger partial charge in [0.05, 0.1) is 4.47 Å². The van der Waals surface area contributed by atoms with Gasteiger partial charge in [0.15, 0.2) is 0 Å². The van der Waals surface area contributed by atoms with Crippen molar-refractivity contribution in [2.24, 2.45) is 0 Å². The number of likely N-dealkylation sites (N-methyl/N-ethyl adjacent to an activating group) is 1. The van der Waals surface area contributed by atoms with Crippen molar-refractivity contribution < 1.29 is 8.78 Å². The topological polar surface area (TPSA) is 12.0 Å². The standard InChI is InChI=1S/C15H20BrF2N/c1-2-19-13-7-5-3-4-6-10(13)14-12(17)9-8-11(16)15(14)18/h8-10,13,19H,2-7H2,1H3. The molecule has 1 N–H and O–H groups in total. The normalized spacial score (nSPS) is 24.2. The van der Waals surface area contributed by atoms with Crippen LogP contribution in [-0.4, -0.2) is 12.6 Å². The van der Waals surface area contributed by atoms with Gasteiger partial charge in [-0.25, -0.2) is 8.78 Å². The summed E-state index contributed by atoms with van der Waals surface area (Å²) < 4.78 is 28.7. The molecule has 2 rings (SSSR count). The largest absolute Gasteiger partial charge is 0.314 e. The number of nitrogens with one attached hydrogen (secondary N) is 1. The van der Waals surface area contributed by atoms with E-state index in [4.69, 9.17) is 0 Å². The predicted octanol–water partition coefficient (Wildman–Crippen LogP) is 4.75. The van der Waals surface area contributed by atoms with Crippen molar-refractivity contribution in [3.05, 3.63) is 33.8 Å². The summed E-state index contributed by atoms with van der Waals surface area (Å²) in [5.41, 5.74) is 0.252. The summed E-state index contributed by atoms with van der Waals surface area (Å²) in [5.74, 6) is -0.926. The number of rotatable bonds is 3. The average Bonchev–Trinajstić information content (AvgIpc) is 2.61. The molecule has 0 amide bonds. The first kappa shape index (κ1) is 14.9. The fraction of sp³-hybridized carbons (Fsp3) is 0.600. The molecule has 0 radical (unpaired) electrons. The van der Waals surface area contributed by atoms with Gasteiger partial charge in [-0.05, 0) is 47.4 Å². The molecule has 0 aromatic heterocycles. The average molecular weight is 332 g/mol. The smallest absolute Gasteiger partial charge is 0.143 e. The fourth-order valence-corrected chi connectivity index (χ4v) is 3.39. The maximum atomic E-state index is 14.3. The highest BCUT2D eigenvalue weighted by Crippen LogP contribution is 2.36. The number of hydrogen-bond donors (Lipinski definition) is 1. The Labute approximate surface area is 121 Å². The van der Waals surface area contributed by atoms with Crippen molar-refractivity contribution >= 4 is 15.9 Å². The molecule has 4 heteroatoms. The summed E-state index contributed by atoms with van der Waals surface area (Å²) in [5, 5.41) is 3.40. The minimum absolute atomic E-state index is 0.0695. The quantitative estimate of drug-likeness (QED) is 0.622. The van der Waals surface area contributed by atoms with Crippen LogP contribution in [0.4, 0.5) is 8.78 Å². The predicted molar refractivity (Wildman–Crippen MR) is 77.3 cm³/mol. The Bertz CT molecular complexity index is 436. The molecule has 1 saturated carbocycles. The van der Waals surface area contributed by atoms with Crippen molar-refractivity contribution in [2.75, 3.05) is 6.54 Å². The van der Waals surface area contributed by atoms with Crippen molar-refractivity contribution in [1.82, 2.24) is 5.32 Å². The lowest BCUT2D eigenvalue weighted by molar-refractivity contribution is 0.393. The Morgan fingerprint density at radius 2 is 1.95 bits per heavy atom. The van der Waals surface area contributed by atoms with Crippen LogP contribution in [0.2, 0.25) is 0 Å². The van der Waals surface area contributed by atoms with Crippen LogP contribution in [-0.2, 0) is 0 Å². The Balaban J connectivity index is 2.38. The molecule has 1 nitrogen and oxygen atoms in total. The second-order valence-electron chi connectivity index (χ2n) is 5.17. The lowest BCUT2D eigenvalue weighted by Gasteiger charge is -2.27. The molecule has 106 valence electrons. The van der Waals surface area contributed by atoms with Gasteiger partial charge in [-0.1, -0.05) is 26.2 Å². The monoisotopic (exact) mass is 331 g/mol. The Morgan fingerprint density at radius 3 is 2.68 bits per heavy atom. The van der Waals surface area contributed by atoms with Gasteiger partial charge >= 0.3 is 0 Å². The summed E-state index contributed by atoms with van der Waals surface area (Å²) in [4.78, 5) is 0. The summed E-state index contributed by atoms with van der Waals surface area (Å²) in [6, 6.07) is 2.97. The van der Waals surface area contributed by atoms with E-state index >= 15 is 0 Å². The molecule has 1 fully saturated rings. The highest BCUT2D eigenvalue weighted by molar-refractivity contribution is 9.10. The van der Waals surface area contributed by atoms with Crippen molar-refractivity contribution in [1.29, 1.82) is 0 Å². The highest BCUT2D eigenvalue weighted by Gasteiger charge is 2.29. The van der Waals surface area contributed by atoms with E-state index in [2.05, 4.69) is 21.2 Å². The molecule has 0 saturated heterocycles. The van der Waals surface area contributed by atoms with Gasteiger partial charge in [-0.2, -0.15) is 0 Å². The molecule has 2 unspecified atom stereocenters. The SMILES string of the molecule is CCNC1CCCCCC1c1c(F)ccc(Br)c1F. The van der Waals surface area contributed by atoms with Crippen LogP contribution in [0.25, 0.3) is 0 Å². The van der Waals surface area contributed by atoms with E-state index in [1.807, 2.05) is 6.92 Å². The van der Waals surface area contributed by atoms with Gasteiger partial charge in [-0.15, -0.1) is 0 Å². The number of hydrogen-bond acceptors (Lipinski definition) is 1. The van der Waals surface area contributed by atoms with Crippen LogP contribution in [0.3, 0.4) is 0 Å². The number of halogens is 3. The van der Waals surface area contributed by atoms with Crippen LogP contribution in [0.1, 0.15) is 50.5 Å². The van der Waals surface area contributed by atoms with Gasteiger partial charge < -0.3 is 5.32 Å². The van der Waals surface area contributed by atoms with Crippen molar-refractivity contribution in [3.8, 4) is 0 Å². The fourth-order valence-electron chi connectivity index (χ4n) is 3.04. The molecule has 19 heavy (non-hydrogen) atoms. The summed E-state index contributed by atoms with van der Waals surface area (Å²) in [6.07, 6.45) is 5.16. The first-order valence-electron chi connectivity index (χ1n) is 7.02. The van der Waals surface area contributed by atoms with Crippen LogP contribution < -0.4 is 5.32 Å². The zero-order chi connectivity index (χ0) is 13.8. The summed E-state index contributed by atoms with van der Waals surface area (Å²) in [6.45, 7) is 2.87.